The van der Waals surface area contributed by atoms with Crippen LogP contribution in [0.3, 0.4) is 0 Å². The standard InChI is InChI=1S/C28H35N7O5S.C18H19ClN4O2S.C16H21N7O.C10H17N3O3.CH4.H2S/c1-17-6-10-21(11-7-17)41(38,39)34-14-12-22-24(29-18(2)19-8-9-19)31-26(32-25(22)34)30-23-16-20(13-15-36)35(33-23)27(37)40-28(3,4)5;1-11-3-7-14(8-4-11)26(24,25)23-10-9-15-16(20-12(2)13-5-6-13)21-18(19)22-17(15)23;1-9(10-2-3-10)18-15-12-4-6-17-14(12)20-16(21-15)19-13-8-11(5-7-24)22-23-13;1-10(2,3)16-9(14)13-7(6-15-4)5-8(11)12-13;;/h6-7,10-12,14,16,18-19,36H,8-9,13,15H2,1-5H3,(H2,29,30,31,32,33);3-4,7-10,12-13H,5-6H2,1-2H3,(H,20,21,22);4,6,8-10,24H,2-3,5,7H2,1H3,(H4,17,18,19,20,21,22,23);5H,6H2,1-4H3,(H2,11,12);1H4;1H2/t;12-;;;;/m.0..../s1. The highest BCUT2D eigenvalue weighted by Crippen LogP contribution is 2.39. The van der Waals surface area contributed by atoms with Gasteiger partial charge in [-0.25, -0.2) is 39.4 Å². The lowest BCUT2D eigenvalue weighted by molar-refractivity contribution is 0.0490. The lowest BCUT2D eigenvalue weighted by Crippen LogP contribution is -2.29. The molecule has 11 aromatic rings. The molecular weight excluding hydrogens is 1480 g/mol. The molecule has 0 saturated heterocycles. The van der Waals surface area contributed by atoms with Crippen molar-refractivity contribution in [3.8, 4) is 0 Å². The molecule has 3 aliphatic carbocycles. The molecule has 0 bridgehead atoms. The SMILES string of the molecule is C.CC(Nc1nc(Nc2cc(CCO)[nH]n2)nc2[nH]ccc12)C1CC1.COCc1cc(N)nn1C(=O)OC(C)(C)C.Cc1ccc(S(=O)(=O)n2ccc3c(NC(C)C4CC4)nc(Nc4cc(CCO)n(C(=O)OC(C)(C)C)n4)nc32)cc1.Cc1ccc(S(=O)(=O)n2ccc3c(N[C@@H](C)C4CC4)nc(Cl)nc32)cc1.S. The number of aliphatic hydroxyl groups excluding tert-OH is 2. The minimum atomic E-state index is -3.95. The molecule has 14 rings (SSSR count). The van der Waals surface area contributed by atoms with E-state index in [0.29, 0.717) is 69.9 Å². The molecule has 3 fully saturated rings. The van der Waals surface area contributed by atoms with Gasteiger partial charge in [0, 0.05) is 93.8 Å². The fraction of sp³-hybridized carbons (Fsp3) is 0.438. The average Bonchev–Trinajstić information content (AvgIpc) is 1.64. The molecule has 11 N–H and O–H groups in total. The quantitative estimate of drug-likeness (QED) is 0.0266. The van der Waals surface area contributed by atoms with Crippen LogP contribution in [0.2, 0.25) is 5.28 Å². The van der Waals surface area contributed by atoms with Crippen LogP contribution in [0.1, 0.15) is 136 Å². The van der Waals surface area contributed by atoms with E-state index in [4.69, 9.17) is 36.7 Å². The number of nitrogens with zero attached hydrogens (tertiary/aromatic N) is 13. The summed E-state index contributed by atoms with van der Waals surface area (Å²) >= 11 is 6.08. The van der Waals surface area contributed by atoms with E-state index >= 15 is 0 Å². The van der Waals surface area contributed by atoms with Gasteiger partial charge in [0.1, 0.15) is 40.1 Å². The maximum Gasteiger partial charge on any atom is 0.435 e. The lowest BCUT2D eigenvalue weighted by Gasteiger charge is -2.19. The monoisotopic (exact) mass is 1580 g/mol. The first-order valence-corrected chi connectivity index (χ1v) is 38.5. The highest BCUT2D eigenvalue weighted by atomic mass is 35.5. The van der Waals surface area contributed by atoms with Crippen molar-refractivity contribution in [3.63, 3.8) is 0 Å². The van der Waals surface area contributed by atoms with Gasteiger partial charge in [-0.1, -0.05) is 42.8 Å². The van der Waals surface area contributed by atoms with Crippen molar-refractivity contribution in [3.05, 3.63) is 137 Å². The molecule has 9 aromatic heterocycles. The van der Waals surface area contributed by atoms with E-state index in [2.05, 4.69) is 103 Å². The van der Waals surface area contributed by atoms with E-state index in [1.54, 1.807) is 114 Å². The molecule has 32 nitrogen and oxygen atoms in total. The van der Waals surface area contributed by atoms with Gasteiger partial charge in [0.2, 0.25) is 17.2 Å². The number of aromatic nitrogens is 15. The Kier molecular flexibility index (Phi) is 26.5. The number of aliphatic hydroxyl groups is 2. The van der Waals surface area contributed by atoms with Crippen molar-refractivity contribution in [1.29, 1.82) is 0 Å². The molecule has 3 saturated carbocycles. The van der Waals surface area contributed by atoms with Crippen molar-refractivity contribution in [1.82, 2.24) is 72.6 Å². The second kappa shape index (κ2) is 34.8. The molecule has 109 heavy (non-hydrogen) atoms. The first-order chi connectivity index (χ1) is 50.8. The molecule has 2 unspecified atom stereocenters. The molecule has 3 atom stereocenters. The normalized spacial score (nSPS) is 14.4. The van der Waals surface area contributed by atoms with Gasteiger partial charge < -0.3 is 61.7 Å². The van der Waals surface area contributed by atoms with Crippen LogP contribution in [0.15, 0.2) is 113 Å². The molecule has 586 valence electrons. The van der Waals surface area contributed by atoms with Crippen LogP contribution < -0.4 is 32.3 Å². The Balaban J connectivity index is 0.000000176. The molecule has 2 aromatic carbocycles. The molecule has 36 heteroatoms. The zero-order valence-corrected chi connectivity index (χ0v) is 65.6. The van der Waals surface area contributed by atoms with Crippen molar-refractivity contribution in [2.45, 2.75) is 181 Å². The Labute approximate surface area is 645 Å². The zero-order chi connectivity index (χ0) is 76.9. The number of nitrogens with one attached hydrogen (secondary N) is 7. The predicted octanol–water partition coefficient (Wildman–Crippen LogP) is 12.6. The number of H-pyrrole nitrogens is 2. The number of methoxy groups -OCH3 is 1. The third-order valence-electron chi connectivity index (χ3n) is 17.5. The summed E-state index contributed by atoms with van der Waals surface area (Å²) in [5, 5.41) is 52.4. The van der Waals surface area contributed by atoms with E-state index in [1.165, 1.54) is 45.2 Å². The highest BCUT2D eigenvalue weighted by Gasteiger charge is 2.33. The number of halogens is 1. The van der Waals surface area contributed by atoms with Crippen LogP contribution in [0.25, 0.3) is 33.1 Å². The Morgan fingerprint density at radius 1 is 0.606 bits per heavy atom. The maximum absolute atomic E-state index is 13.6. The number of hydrogen-bond acceptors (Lipinski definition) is 26. The smallest absolute Gasteiger partial charge is 0.435 e. The first kappa shape index (κ1) is 83.1. The van der Waals surface area contributed by atoms with E-state index in [0.717, 1.165) is 69.7 Å². The summed E-state index contributed by atoms with van der Waals surface area (Å²) in [6.45, 7) is 20.9. The van der Waals surface area contributed by atoms with Crippen LogP contribution in [0.5, 0.6) is 0 Å². The Morgan fingerprint density at radius 2 is 1.06 bits per heavy atom. The fourth-order valence-electron chi connectivity index (χ4n) is 11.5. The zero-order valence-electron chi connectivity index (χ0n) is 62.2. The number of nitrogen functional groups attached to an aromatic ring is 1. The average molecular weight is 1580 g/mol. The van der Waals surface area contributed by atoms with Gasteiger partial charge in [0.05, 0.1) is 43.9 Å². The van der Waals surface area contributed by atoms with Gasteiger partial charge in [-0.3, -0.25) is 5.10 Å². The second-order valence-electron chi connectivity index (χ2n) is 28.8. The number of aryl methyl sites for hydroxylation is 2. The van der Waals surface area contributed by atoms with Gasteiger partial charge >= 0.3 is 12.2 Å². The summed E-state index contributed by atoms with van der Waals surface area (Å²) in [7, 11) is -6.19. The van der Waals surface area contributed by atoms with E-state index in [1.807, 2.05) is 32.2 Å². The minimum absolute atomic E-state index is 0. The van der Waals surface area contributed by atoms with Crippen LogP contribution in [0, 0.1) is 31.6 Å². The van der Waals surface area contributed by atoms with Gasteiger partial charge in [-0.2, -0.15) is 52.9 Å². The molecule has 0 amide bonds. The molecule has 0 spiro atoms. The summed E-state index contributed by atoms with van der Waals surface area (Å²) in [6.07, 6.45) is 11.5. The number of benzene rings is 2. The van der Waals surface area contributed by atoms with E-state index in [9.17, 15) is 31.5 Å². The second-order valence-corrected chi connectivity index (χ2v) is 32.8. The van der Waals surface area contributed by atoms with Crippen LogP contribution in [0.4, 0.5) is 56.4 Å². The van der Waals surface area contributed by atoms with Crippen molar-refractivity contribution < 1.29 is 50.8 Å². The third-order valence-corrected chi connectivity index (χ3v) is 21.0. The van der Waals surface area contributed by atoms with Crippen molar-refractivity contribution in [2.24, 2.45) is 17.8 Å². The summed E-state index contributed by atoms with van der Waals surface area (Å²) in [5.41, 5.74) is 9.25. The van der Waals surface area contributed by atoms with Crippen molar-refractivity contribution in [2.75, 3.05) is 52.6 Å². The largest absolute Gasteiger partial charge is 0.442 e. The number of rotatable bonds is 23. The van der Waals surface area contributed by atoms with Gasteiger partial charge in [-0.15, -0.1) is 10.2 Å². The summed E-state index contributed by atoms with van der Waals surface area (Å²) in [4.78, 5) is 54.8. The van der Waals surface area contributed by atoms with Gasteiger partial charge in [0.25, 0.3) is 20.0 Å². The van der Waals surface area contributed by atoms with Gasteiger partial charge in [0.15, 0.2) is 22.9 Å². The number of aromatic amines is 2. The number of carbonyl (C=O) groups excluding carboxylic acids is 2. The Bertz CT molecular complexity index is 5190. The number of nitrogens with two attached hydrogens (primary N) is 1. The maximum atomic E-state index is 13.6. The van der Waals surface area contributed by atoms with Crippen LogP contribution in [-0.4, -0.2) is 161 Å². The highest BCUT2D eigenvalue weighted by molar-refractivity contribution is 7.90. The Hall–Kier alpha value is -9.91. The number of carbonyl (C=O) groups is 2. The van der Waals surface area contributed by atoms with Crippen molar-refractivity contribution >= 4 is 137 Å². The number of anilines is 8. The molecule has 0 aliphatic heterocycles. The molecular formula is C73H98ClN21O11S3. The molecule has 0 radical (unpaired) electrons. The molecule has 9 heterocycles. The summed E-state index contributed by atoms with van der Waals surface area (Å²) in [6, 6.07) is 24.5. The summed E-state index contributed by atoms with van der Waals surface area (Å²) < 4.78 is 73.4. The summed E-state index contributed by atoms with van der Waals surface area (Å²) in [5.74, 6) is 5.45. The third kappa shape index (κ3) is 21.1. The van der Waals surface area contributed by atoms with Crippen LogP contribution in [-0.2, 0) is 53.7 Å². The topological polar surface area (TPSA) is 424 Å². The number of fused-ring (bicyclic) bond motifs is 3. The van der Waals surface area contributed by atoms with Gasteiger partial charge in [-0.05, 0) is 187 Å². The molecule has 3 aliphatic rings. The van der Waals surface area contributed by atoms with E-state index < -0.39 is 43.4 Å². The first-order valence-electron chi connectivity index (χ1n) is 35.2. The fourth-order valence-corrected chi connectivity index (χ4v) is 14.2. The van der Waals surface area contributed by atoms with E-state index in [-0.39, 0.29) is 103 Å². The Morgan fingerprint density at radius 3 is 1.54 bits per heavy atom. The lowest BCUT2D eigenvalue weighted by atomic mass is 10.2. The predicted molar refractivity (Wildman–Crippen MR) is 426 cm³/mol. The van der Waals surface area contributed by atoms with Crippen LogP contribution >= 0.6 is 25.1 Å². The number of hydrogen-bond donors (Lipinski definition) is 10. The number of ether oxygens (including phenoxy) is 3. The minimum Gasteiger partial charge on any atom is -0.442 e.